The Labute approximate surface area is 366 Å². The summed E-state index contributed by atoms with van der Waals surface area (Å²) in [6.07, 6.45) is 0. The zero-order chi connectivity index (χ0) is 44.3. The maximum Gasteiger partial charge on any atom is 0.323 e. The number of carbonyl (C=O) groups is 5. The number of benzene rings is 8. The molecule has 0 aromatic heterocycles. The summed E-state index contributed by atoms with van der Waals surface area (Å²) >= 11 is 0. The van der Waals surface area contributed by atoms with Crippen molar-refractivity contribution in [3.8, 4) is 0 Å². The number of hydrogen-bond acceptors (Lipinski definition) is 5. The molecule has 8 rings (SSSR count). The lowest BCUT2D eigenvalue weighted by molar-refractivity contribution is 0.260. The molecule has 0 aliphatic carbocycles. The Balaban J connectivity index is 0.864. The molecule has 10 N–H and O–H groups in total. The van der Waals surface area contributed by atoms with E-state index in [9.17, 15) is 24.0 Å². The van der Waals surface area contributed by atoms with Gasteiger partial charge in [-0.25, -0.2) is 24.0 Å². The maximum atomic E-state index is 13.4. The first-order valence-corrected chi connectivity index (χ1v) is 20.0. The van der Waals surface area contributed by atoms with Gasteiger partial charge in [-0.05, 0) is 71.4 Å². The third-order valence-corrected chi connectivity index (χ3v) is 9.77. The molecule has 316 valence electrons. The smallest absolute Gasteiger partial charge is 0.307 e. The average molecular weight is 849 g/mol. The summed E-state index contributed by atoms with van der Waals surface area (Å²) < 4.78 is 0. The van der Waals surface area contributed by atoms with Crippen LogP contribution in [-0.2, 0) is 0 Å². The zero-order valence-electron chi connectivity index (χ0n) is 33.9. The topological polar surface area (TPSA) is 206 Å². The number of fused-ring (bicyclic) bond motifs is 2. The quantitative estimate of drug-likeness (QED) is 0.0650. The molecule has 0 bridgehead atoms. The van der Waals surface area contributed by atoms with E-state index in [-0.39, 0.29) is 22.7 Å². The van der Waals surface area contributed by atoms with Crippen LogP contribution in [0.2, 0.25) is 0 Å². The predicted octanol–water partition coefficient (Wildman–Crippen LogP) is 12.2. The zero-order valence-corrected chi connectivity index (χ0v) is 33.9. The van der Waals surface area contributed by atoms with Gasteiger partial charge in [0.15, 0.2) is 0 Å². The lowest BCUT2D eigenvalue weighted by Gasteiger charge is -2.17. The van der Waals surface area contributed by atoms with E-state index in [1.54, 1.807) is 109 Å². The first-order valence-electron chi connectivity index (χ1n) is 20.0. The third-order valence-electron chi connectivity index (χ3n) is 9.77. The third kappa shape index (κ3) is 10.3. The van der Waals surface area contributed by atoms with E-state index in [2.05, 4.69) is 53.2 Å². The van der Waals surface area contributed by atoms with Gasteiger partial charge in [0.2, 0.25) is 0 Å². The molecule has 15 nitrogen and oxygen atoms in total. The lowest BCUT2D eigenvalue weighted by atomic mass is 10.1. The molecule has 0 fully saturated rings. The molecule has 0 aliphatic rings. The summed E-state index contributed by atoms with van der Waals surface area (Å²) in [4.78, 5) is 66.1. The summed E-state index contributed by atoms with van der Waals surface area (Å²) in [6.45, 7) is 0. The average Bonchev–Trinajstić information content (AvgIpc) is 3.29. The Hall–Kier alpha value is -9.37. The predicted molar refractivity (Wildman–Crippen MR) is 257 cm³/mol. The van der Waals surface area contributed by atoms with Crippen molar-refractivity contribution in [2.24, 2.45) is 0 Å². The standard InChI is InChI=1S/C49H40N10O5/c60-45(50-35-29-13-17-31-15-1-3-19-33(31)35)52-37-21-5-7-23-39(37)54-47(62)56-41-25-9-11-27-43(41)58-49(64)59-44-28-12-10-26-42(44)57-48(63)55-40-24-8-6-22-38(40)53-46(61)51-36-30-14-18-32-16-2-4-20-34(32)36/h1-30H,(H2,50,52,60)(H2,51,53,61)(H2,54,56,62)(H2,55,57,63)(H2,58,59,64). The molecule has 0 atom stereocenters. The van der Waals surface area contributed by atoms with Crippen LogP contribution >= 0.6 is 0 Å². The monoisotopic (exact) mass is 848 g/mol. The molecular weight excluding hydrogens is 809 g/mol. The number of nitrogens with one attached hydrogen (secondary N) is 10. The van der Waals surface area contributed by atoms with Gasteiger partial charge < -0.3 is 53.2 Å². The molecule has 0 saturated carbocycles. The van der Waals surface area contributed by atoms with Crippen molar-refractivity contribution in [2.45, 2.75) is 0 Å². The minimum atomic E-state index is -0.664. The van der Waals surface area contributed by atoms with E-state index in [0.29, 0.717) is 34.1 Å². The minimum absolute atomic E-state index is 0.271. The summed E-state index contributed by atoms with van der Waals surface area (Å²) in [5, 5.41) is 31.5. The molecule has 15 heteroatoms. The highest BCUT2D eigenvalue weighted by Crippen LogP contribution is 2.29. The highest BCUT2D eigenvalue weighted by Gasteiger charge is 2.16. The van der Waals surface area contributed by atoms with E-state index in [1.165, 1.54) is 0 Å². The van der Waals surface area contributed by atoms with Crippen LogP contribution in [0.4, 0.5) is 80.8 Å². The summed E-state index contributed by atoms with van der Waals surface area (Å²) in [6, 6.07) is 50.3. The van der Waals surface area contributed by atoms with Crippen molar-refractivity contribution in [3.63, 3.8) is 0 Å². The van der Waals surface area contributed by atoms with Crippen LogP contribution < -0.4 is 53.2 Å². The Morgan fingerprint density at radius 2 is 0.375 bits per heavy atom. The fraction of sp³-hybridized carbons (Fsp3) is 0. The summed E-state index contributed by atoms with van der Waals surface area (Å²) in [5.74, 6) is 0. The van der Waals surface area contributed by atoms with Gasteiger partial charge in [-0.15, -0.1) is 0 Å². The SMILES string of the molecule is O=C(Nc1ccccc1NC(=O)Nc1ccccc1NC(=O)Nc1cccc2ccccc12)Nc1ccccc1NC(=O)Nc1ccccc1NC(=O)Nc1cccc2ccccc12. The van der Waals surface area contributed by atoms with Gasteiger partial charge >= 0.3 is 30.2 Å². The molecule has 10 amide bonds. The Kier molecular flexibility index (Phi) is 12.5. The molecule has 0 unspecified atom stereocenters. The maximum absolute atomic E-state index is 13.4. The van der Waals surface area contributed by atoms with E-state index in [4.69, 9.17) is 0 Å². The second kappa shape index (κ2) is 19.3. The van der Waals surface area contributed by atoms with Gasteiger partial charge in [-0.2, -0.15) is 0 Å². The van der Waals surface area contributed by atoms with Crippen LogP contribution in [0.15, 0.2) is 182 Å². The largest absolute Gasteiger partial charge is 0.323 e. The highest BCUT2D eigenvalue weighted by molar-refractivity contribution is 6.12. The van der Waals surface area contributed by atoms with Crippen LogP contribution in [0.5, 0.6) is 0 Å². The Morgan fingerprint density at radius 3 is 0.625 bits per heavy atom. The number of carbonyl (C=O) groups excluding carboxylic acids is 5. The Morgan fingerprint density at radius 1 is 0.203 bits per heavy atom. The van der Waals surface area contributed by atoms with Gasteiger partial charge in [0.1, 0.15) is 0 Å². The van der Waals surface area contributed by atoms with Crippen LogP contribution in [0.1, 0.15) is 0 Å². The van der Waals surface area contributed by atoms with Gasteiger partial charge in [-0.3, -0.25) is 0 Å². The van der Waals surface area contributed by atoms with Crippen molar-refractivity contribution in [3.05, 3.63) is 182 Å². The Bertz CT molecular complexity index is 2840. The molecule has 0 saturated heterocycles. The molecule has 64 heavy (non-hydrogen) atoms. The van der Waals surface area contributed by atoms with Crippen LogP contribution in [0.3, 0.4) is 0 Å². The molecule has 0 heterocycles. The van der Waals surface area contributed by atoms with Gasteiger partial charge in [-0.1, -0.05) is 121 Å². The van der Waals surface area contributed by atoms with E-state index < -0.39 is 30.2 Å². The van der Waals surface area contributed by atoms with Crippen molar-refractivity contribution in [1.82, 2.24) is 0 Å². The van der Waals surface area contributed by atoms with Crippen molar-refractivity contribution in [1.29, 1.82) is 0 Å². The molecule has 8 aromatic carbocycles. The molecule has 0 radical (unpaired) electrons. The van der Waals surface area contributed by atoms with Crippen molar-refractivity contribution < 1.29 is 24.0 Å². The highest BCUT2D eigenvalue weighted by atomic mass is 16.2. The van der Waals surface area contributed by atoms with Crippen molar-refractivity contribution >= 4 is 109 Å². The number of rotatable bonds is 10. The molecule has 0 spiro atoms. The number of urea groups is 5. The van der Waals surface area contributed by atoms with Gasteiger partial charge in [0.25, 0.3) is 0 Å². The van der Waals surface area contributed by atoms with Crippen LogP contribution in [0, 0.1) is 0 Å². The molecule has 0 aliphatic heterocycles. The summed E-state index contributed by atoms with van der Waals surface area (Å²) in [5.41, 5.74) is 3.70. The fourth-order valence-corrected chi connectivity index (χ4v) is 6.85. The number of para-hydroxylation sites is 8. The van der Waals surface area contributed by atoms with Gasteiger partial charge in [0.05, 0.1) is 56.9 Å². The normalized spacial score (nSPS) is 10.5. The number of amides is 10. The van der Waals surface area contributed by atoms with E-state index in [0.717, 1.165) is 21.5 Å². The number of hydrogen-bond donors (Lipinski definition) is 10. The molecular formula is C49H40N10O5. The number of anilines is 10. The van der Waals surface area contributed by atoms with Gasteiger partial charge in [0, 0.05) is 10.8 Å². The van der Waals surface area contributed by atoms with E-state index in [1.807, 2.05) is 72.8 Å². The second-order valence-corrected chi connectivity index (χ2v) is 14.1. The first-order chi connectivity index (χ1) is 31.3. The lowest BCUT2D eigenvalue weighted by Crippen LogP contribution is -2.25. The first kappa shape index (κ1) is 41.4. The van der Waals surface area contributed by atoms with Crippen molar-refractivity contribution in [2.75, 3.05) is 53.2 Å². The second-order valence-electron chi connectivity index (χ2n) is 14.1. The molecule has 8 aromatic rings. The fourth-order valence-electron chi connectivity index (χ4n) is 6.85. The van der Waals surface area contributed by atoms with E-state index >= 15 is 0 Å². The van der Waals surface area contributed by atoms with Crippen LogP contribution in [0.25, 0.3) is 21.5 Å². The van der Waals surface area contributed by atoms with Crippen LogP contribution in [-0.4, -0.2) is 30.2 Å². The summed E-state index contributed by atoms with van der Waals surface area (Å²) in [7, 11) is 0. The minimum Gasteiger partial charge on any atom is -0.307 e.